The van der Waals surface area contributed by atoms with E-state index < -0.39 is 0 Å². The Kier molecular flexibility index (Phi) is 4.96. The lowest BCUT2D eigenvalue weighted by atomic mass is 10.1. The maximum absolute atomic E-state index is 12.0. The molecule has 0 unspecified atom stereocenters. The Hall–Kier alpha value is -1.88. The van der Waals surface area contributed by atoms with E-state index in [1.54, 1.807) is 4.90 Å². The monoisotopic (exact) mass is 317 g/mol. The van der Waals surface area contributed by atoms with Gasteiger partial charge in [-0.05, 0) is 37.7 Å². The van der Waals surface area contributed by atoms with Crippen molar-refractivity contribution in [1.82, 2.24) is 4.98 Å². The number of anilines is 2. The smallest absolute Gasteiger partial charge is 0.230 e. The largest absolute Gasteiger partial charge is 0.274 e. The molecule has 0 spiro atoms. The number of amides is 1. The molecule has 0 N–H and O–H groups in total. The van der Waals surface area contributed by atoms with Gasteiger partial charge in [-0.1, -0.05) is 17.7 Å². The molecule has 0 bridgehead atoms. The van der Waals surface area contributed by atoms with Crippen LogP contribution in [0.15, 0.2) is 28.6 Å². The molecule has 0 fully saturated rings. The molecule has 4 nitrogen and oxygen atoms in total. The second-order valence-electron chi connectivity index (χ2n) is 4.67. The molecular weight excluding hydrogens is 302 g/mol. The molecule has 0 aliphatic heterocycles. The number of thiazole rings is 1. The van der Waals surface area contributed by atoms with Crippen LogP contribution in [0.5, 0.6) is 0 Å². The van der Waals surface area contributed by atoms with Crippen LogP contribution in [0.3, 0.4) is 0 Å². The van der Waals surface area contributed by atoms with Crippen LogP contribution in [-0.2, 0) is 11.3 Å². The lowest BCUT2D eigenvalue weighted by Gasteiger charge is -2.20. The molecule has 6 heteroatoms. The standard InChI is InChI=1S/C15H15N3OS2/c1-10-4-5-14(11(2)6-10)18(12(3)19)15-17-13(8-21-15)7-16-9-20/h4-6,8H,7H2,1-3H3. The normalized spacial score (nSPS) is 10.0. The Morgan fingerprint density at radius 1 is 1.48 bits per heavy atom. The average molecular weight is 317 g/mol. The molecule has 108 valence electrons. The Morgan fingerprint density at radius 2 is 2.24 bits per heavy atom. The molecule has 1 amide bonds. The third-order valence-corrected chi connectivity index (χ3v) is 3.95. The molecule has 0 aliphatic rings. The number of aromatic nitrogens is 1. The highest BCUT2D eigenvalue weighted by Crippen LogP contribution is 2.31. The number of rotatable bonds is 4. The van der Waals surface area contributed by atoms with Crippen molar-refractivity contribution in [3.05, 3.63) is 40.4 Å². The summed E-state index contributed by atoms with van der Waals surface area (Å²) in [7, 11) is 0. The Balaban J connectivity index is 2.41. The lowest BCUT2D eigenvalue weighted by molar-refractivity contribution is -0.115. The number of hydrogen-bond acceptors (Lipinski definition) is 5. The number of thiocarbonyl (C=S) groups is 1. The average Bonchev–Trinajstić information content (AvgIpc) is 2.87. The third-order valence-electron chi connectivity index (χ3n) is 2.94. The molecular formula is C15H15N3OS2. The topological polar surface area (TPSA) is 45.6 Å². The Labute approximate surface area is 133 Å². The van der Waals surface area contributed by atoms with Crippen molar-refractivity contribution in [2.45, 2.75) is 27.3 Å². The van der Waals surface area contributed by atoms with Gasteiger partial charge in [0.1, 0.15) is 0 Å². The predicted octanol–water partition coefficient (Wildman–Crippen LogP) is 4.05. The van der Waals surface area contributed by atoms with E-state index in [2.05, 4.69) is 33.4 Å². The van der Waals surface area contributed by atoms with E-state index in [9.17, 15) is 4.79 Å². The minimum absolute atomic E-state index is 0.0683. The highest BCUT2D eigenvalue weighted by molar-refractivity contribution is 7.78. The van der Waals surface area contributed by atoms with Crippen LogP contribution < -0.4 is 4.90 Å². The first-order valence-electron chi connectivity index (χ1n) is 6.39. The van der Waals surface area contributed by atoms with Gasteiger partial charge in [0, 0.05) is 12.3 Å². The molecule has 0 aliphatic carbocycles. The fourth-order valence-corrected chi connectivity index (χ4v) is 2.98. The molecule has 1 aromatic carbocycles. The van der Waals surface area contributed by atoms with Gasteiger partial charge in [0.2, 0.25) is 5.91 Å². The van der Waals surface area contributed by atoms with Gasteiger partial charge in [-0.25, -0.2) is 9.98 Å². The van der Waals surface area contributed by atoms with Crippen molar-refractivity contribution in [3.63, 3.8) is 0 Å². The number of isothiocyanates is 1. The van der Waals surface area contributed by atoms with E-state index in [1.807, 2.05) is 31.4 Å². The zero-order chi connectivity index (χ0) is 15.4. The van der Waals surface area contributed by atoms with Gasteiger partial charge in [0.25, 0.3) is 0 Å². The third kappa shape index (κ3) is 3.61. The number of aryl methyl sites for hydroxylation is 2. The van der Waals surface area contributed by atoms with Crippen molar-refractivity contribution in [1.29, 1.82) is 0 Å². The fourth-order valence-electron chi connectivity index (χ4n) is 2.05. The van der Waals surface area contributed by atoms with Crippen molar-refractivity contribution < 1.29 is 4.79 Å². The summed E-state index contributed by atoms with van der Waals surface area (Å²) >= 11 is 5.97. The van der Waals surface area contributed by atoms with Gasteiger partial charge in [-0.2, -0.15) is 0 Å². The Bertz CT molecular complexity index is 717. The van der Waals surface area contributed by atoms with E-state index in [0.29, 0.717) is 11.7 Å². The van der Waals surface area contributed by atoms with Gasteiger partial charge in [-0.3, -0.25) is 9.69 Å². The highest BCUT2D eigenvalue weighted by atomic mass is 32.1. The minimum atomic E-state index is -0.0683. The number of nitrogens with zero attached hydrogens (tertiary/aromatic N) is 3. The van der Waals surface area contributed by atoms with Crippen LogP contribution in [0.25, 0.3) is 0 Å². The number of hydrogen-bond donors (Lipinski definition) is 0. The first-order valence-corrected chi connectivity index (χ1v) is 7.67. The number of aliphatic imine (C=N–C) groups is 1. The zero-order valence-corrected chi connectivity index (χ0v) is 13.7. The van der Waals surface area contributed by atoms with Crippen molar-refractivity contribution in [3.8, 4) is 0 Å². The molecule has 0 saturated carbocycles. The first-order chi connectivity index (χ1) is 10.0. The van der Waals surface area contributed by atoms with Gasteiger partial charge in [0.15, 0.2) is 5.13 Å². The molecule has 0 saturated heterocycles. The summed E-state index contributed by atoms with van der Waals surface area (Å²) in [5.74, 6) is -0.0683. The quantitative estimate of drug-likeness (QED) is 0.631. The maximum Gasteiger partial charge on any atom is 0.230 e. The van der Waals surface area contributed by atoms with Gasteiger partial charge in [-0.15, -0.1) is 11.3 Å². The maximum atomic E-state index is 12.0. The summed E-state index contributed by atoms with van der Waals surface area (Å²) in [6.45, 7) is 5.94. The summed E-state index contributed by atoms with van der Waals surface area (Å²) in [5, 5.41) is 4.84. The van der Waals surface area contributed by atoms with Crippen molar-refractivity contribution in [2.24, 2.45) is 4.99 Å². The summed E-state index contributed by atoms with van der Waals surface area (Å²) in [5.41, 5.74) is 3.84. The molecule has 2 rings (SSSR count). The van der Waals surface area contributed by atoms with Crippen molar-refractivity contribution >= 4 is 45.4 Å². The van der Waals surface area contributed by atoms with Crippen LogP contribution in [-0.4, -0.2) is 16.1 Å². The molecule has 1 heterocycles. The molecule has 0 radical (unpaired) electrons. The number of benzene rings is 1. The fraction of sp³-hybridized carbons (Fsp3) is 0.267. The van der Waals surface area contributed by atoms with Gasteiger partial charge < -0.3 is 0 Å². The van der Waals surface area contributed by atoms with Gasteiger partial charge >= 0.3 is 0 Å². The van der Waals surface area contributed by atoms with E-state index in [-0.39, 0.29) is 5.91 Å². The van der Waals surface area contributed by atoms with Crippen LogP contribution in [0.2, 0.25) is 0 Å². The van der Waals surface area contributed by atoms with E-state index in [1.165, 1.54) is 18.3 Å². The molecule has 1 aromatic heterocycles. The van der Waals surface area contributed by atoms with Crippen LogP contribution in [0.1, 0.15) is 23.7 Å². The highest BCUT2D eigenvalue weighted by Gasteiger charge is 2.19. The second-order valence-corrected chi connectivity index (χ2v) is 5.69. The first kappa shape index (κ1) is 15.5. The minimum Gasteiger partial charge on any atom is -0.274 e. The summed E-state index contributed by atoms with van der Waals surface area (Å²) < 4.78 is 0. The SMILES string of the molecule is CC(=O)N(c1nc(CN=C=S)cs1)c1ccc(C)cc1C. The molecule has 21 heavy (non-hydrogen) atoms. The van der Waals surface area contributed by atoms with E-state index in [4.69, 9.17) is 0 Å². The molecule has 0 atom stereocenters. The number of carbonyl (C=O) groups excluding carboxylic acids is 1. The second kappa shape index (κ2) is 6.72. The summed E-state index contributed by atoms with van der Waals surface area (Å²) in [6, 6.07) is 5.99. The zero-order valence-electron chi connectivity index (χ0n) is 12.1. The summed E-state index contributed by atoms with van der Waals surface area (Å²) in [6.07, 6.45) is 0. The number of carbonyl (C=O) groups is 1. The summed E-state index contributed by atoms with van der Waals surface area (Å²) in [4.78, 5) is 22.0. The molecule has 2 aromatic rings. The van der Waals surface area contributed by atoms with Crippen LogP contribution >= 0.6 is 23.6 Å². The Morgan fingerprint density at radius 3 is 2.86 bits per heavy atom. The van der Waals surface area contributed by atoms with Crippen LogP contribution in [0.4, 0.5) is 10.8 Å². The van der Waals surface area contributed by atoms with Crippen molar-refractivity contribution in [2.75, 3.05) is 4.90 Å². The lowest BCUT2D eigenvalue weighted by Crippen LogP contribution is -2.23. The van der Waals surface area contributed by atoms with E-state index >= 15 is 0 Å². The van der Waals surface area contributed by atoms with Gasteiger partial charge in [0.05, 0.1) is 23.1 Å². The van der Waals surface area contributed by atoms with E-state index in [0.717, 1.165) is 22.5 Å². The predicted molar refractivity (Wildman–Crippen MR) is 89.6 cm³/mol. The van der Waals surface area contributed by atoms with Crippen LogP contribution in [0, 0.1) is 13.8 Å².